The number of aromatic nitrogens is 1. The van der Waals surface area contributed by atoms with Gasteiger partial charge in [-0.2, -0.15) is 0 Å². The molecule has 0 bridgehead atoms. The topological polar surface area (TPSA) is 103 Å². The van der Waals surface area contributed by atoms with E-state index in [1.807, 2.05) is 0 Å². The van der Waals surface area contributed by atoms with Gasteiger partial charge in [0.05, 0.1) is 4.92 Å². The highest BCUT2D eigenvalue weighted by molar-refractivity contribution is 5.88. The number of carboxylic acids is 1. The number of ether oxygens (including phenoxy) is 1. The third kappa shape index (κ3) is 2.69. The second-order valence-electron chi connectivity index (χ2n) is 3.63. The fraction of sp³-hybridized carbons (Fsp3) is 0. The highest BCUT2D eigenvalue weighted by Crippen LogP contribution is 2.32. The summed E-state index contributed by atoms with van der Waals surface area (Å²) < 4.78 is 18.3. The first-order valence-electron chi connectivity index (χ1n) is 5.29. The van der Waals surface area contributed by atoms with E-state index >= 15 is 0 Å². The molecule has 2 aromatic rings. The fourth-order valence-corrected chi connectivity index (χ4v) is 1.47. The lowest BCUT2D eigenvalue weighted by Gasteiger charge is -2.08. The molecule has 1 aromatic heterocycles. The minimum absolute atomic E-state index is 0.214. The standard InChI is InChI=1S/C12H7FN2O5/c13-7-3-4-8(15(18)19)10(6-7)20-9-2-1-5-14-11(9)12(16)17/h1-6H,(H,16,17). The molecule has 0 fully saturated rings. The fourth-order valence-electron chi connectivity index (χ4n) is 1.47. The number of carboxylic acid groups (broad SMARTS) is 1. The maximum Gasteiger partial charge on any atom is 0.358 e. The molecule has 20 heavy (non-hydrogen) atoms. The van der Waals surface area contributed by atoms with Crippen molar-refractivity contribution < 1.29 is 24.0 Å². The number of halogens is 1. The molecule has 8 heteroatoms. The van der Waals surface area contributed by atoms with E-state index in [0.717, 1.165) is 18.2 Å². The predicted molar refractivity (Wildman–Crippen MR) is 64.3 cm³/mol. The van der Waals surface area contributed by atoms with Crippen molar-refractivity contribution in [2.75, 3.05) is 0 Å². The number of nitro groups is 1. The van der Waals surface area contributed by atoms with Gasteiger partial charge in [0.15, 0.2) is 11.4 Å². The molecule has 0 unspecified atom stereocenters. The van der Waals surface area contributed by atoms with E-state index in [4.69, 9.17) is 9.84 Å². The van der Waals surface area contributed by atoms with Crippen LogP contribution in [0.25, 0.3) is 0 Å². The number of hydrogen-bond donors (Lipinski definition) is 1. The summed E-state index contributed by atoms with van der Waals surface area (Å²) in [5.41, 5.74) is -0.905. The number of pyridine rings is 1. The maximum atomic E-state index is 13.1. The van der Waals surface area contributed by atoms with Crippen LogP contribution in [-0.4, -0.2) is 21.0 Å². The lowest BCUT2D eigenvalue weighted by atomic mass is 10.2. The van der Waals surface area contributed by atoms with Gasteiger partial charge in [-0.25, -0.2) is 14.2 Å². The normalized spacial score (nSPS) is 10.1. The smallest absolute Gasteiger partial charge is 0.358 e. The number of nitrogens with zero attached hydrogens (tertiary/aromatic N) is 2. The lowest BCUT2D eigenvalue weighted by Crippen LogP contribution is -2.03. The number of nitro benzene ring substituents is 1. The van der Waals surface area contributed by atoms with Gasteiger partial charge >= 0.3 is 11.7 Å². The summed E-state index contributed by atoms with van der Waals surface area (Å²) >= 11 is 0. The van der Waals surface area contributed by atoms with Crippen molar-refractivity contribution in [3.8, 4) is 11.5 Å². The molecule has 0 radical (unpaired) electrons. The molecule has 2 rings (SSSR count). The molecule has 0 amide bonds. The Hall–Kier alpha value is -3.03. The van der Waals surface area contributed by atoms with Crippen LogP contribution in [0.5, 0.6) is 11.5 Å². The minimum Gasteiger partial charge on any atom is -0.476 e. The first-order chi connectivity index (χ1) is 9.49. The number of rotatable bonds is 4. The van der Waals surface area contributed by atoms with Crippen LogP contribution in [0.3, 0.4) is 0 Å². The van der Waals surface area contributed by atoms with E-state index in [1.165, 1.54) is 18.3 Å². The highest BCUT2D eigenvalue weighted by Gasteiger charge is 2.20. The molecule has 0 saturated heterocycles. The van der Waals surface area contributed by atoms with Crippen LogP contribution in [0, 0.1) is 15.9 Å². The summed E-state index contributed by atoms with van der Waals surface area (Å²) in [7, 11) is 0. The molecule has 0 spiro atoms. The molecule has 0 aliphatic carbocycles. The molecule has 1 heterocycles. The molecule has 0 aliphatic rings. The average Bonchev–Trinajstić information content (AvgIpc) is 2.38. The Kier molecular flexibility index (Phi) is 3.56. The van der Waals surface area contributed by atoms with E-state index in [2.05, 4.69) is 4.98 Å². The van der Waals surface area contributed by atoms with Crippen molar-refractivity contribution in [1.29, 1.82) is 0 Å². The van der Waals surface area contributed by atoms with Gasteiger partial charge < -0.3 is 9.84 Å². The van der Waals surface area contributed by atoms with Gasteiger partial charge in [-0.15, -0.1) is 0 Å². The second-order valence-corrected chi connectivity index (χ2v) is 3.63. The van der Waals surface area contributed by atoms with Crippen molar-refractivity contribution >= 4 is 11.7 Å². The van der Waals surface area contributed by atoms with E-state index in [-0.39, 0.29) is 5.75 Å². The SMILES string of the molecule is O=C(O)c1ncccc1Oc1cc(F)ccc1[N+](=O)[O-]. The Morgan fingerprint density at radius 1 is 1.35 bits per heavy atom. The van der Waals surface area contributed by atoms with Crippen molar-refractivity contribution in [1.82, 2.24) is 4.98 Å². The first kappa shape index (κ1) is 13.4. The summed E-state index contributed by atoms with van der Waals surface area (Å²) in [6, 6.07) is 5.31. The van der Waals surface area contributed by atoms with E-state index in [9.17, 15) is 19.3 Å². The third-order valence-corrected chi connectivity index (χ3v) is 2.31. The van der Waals surface area contributed by atoms with E-state index in [0.29, 0.717) is 0 Å². The Morgan fingerprint density at radius 2 is 2.10 bits per heavy atom. The number of benzene rings is 1. The zero-order valence-corrected chi connectivity index (χ0v) is 9.82. The number of hydrogen-bond acceptors (Lipinski definition) is 5. The molecule has 0 saturated carbocycles. The molecule has 7 nitrogen and oxygen atoms in total. The summed E-state index contributed by atoms with van der Waals surface area (Å²) in [5, 5.41) is 19.7. The maximum absolute atomic E-state index is 13.1. The van der Waals surface area contributed by atoms with Crippen LogP contribution in [0.2, 0.25) is 0 Å². The number of aromatic carboxylic acids is 1. The van der Waals surface area contributed by atoms with Gasteiger partial charge in [0.2, 0.25) is 5.75 Å². The van der Waals surface area contributed by atoms with Crippen LogP contribution >= 0.6 is 0 Å². The van der Waals surface area contributed by atoms with Crippen LogP contribution in [0.15, 0.2) is 36.5 Å². The summed E-state index contributed by atoms with van der Waals surface area (Å²) in [5.74, 6) is -2.72. The predicted octanol–water partition coefficient (Wildman–Crippen LogP) is 2.62. The average molecular weight is 278 g/mol. The third-order valence-electron chi connectivity index (χ3n) is 2.31. The zero-order valence-electron chi connectivity index (χ0n) is 9.82. The van der Waals surface area contributed by atoms with Gasteiger partial charge in [0.25, 0.3) is 0 Å². The number of carbonyl (C=O) groups is 1. The van der Waals surface area contributed by atoms with E-state index in [1.54, 1.807) is 0 Å². The second kappa shape index (κ2) is 5.31. The Morgan fingerprint density at radius 3 is 2.75 bits per heavy atom. The molecular weight excluding hydrogens is 271 g/mol. The van der Waals surface area contributed by atoms with Gasteiger partial charge in [-0.3, -0.25) is 10.1 Å². The van der Waals surface area contributed by atoms with Gasteiger partial charge in [0, 0.05) is 18.3 Å². The highest BCUT2D eigenvalue weighted by atomic mass is 19.1. The van der Waals surface area contributed by atoms with Gasteiger partial charge in [-0.05, 0) is 18.2 Å². The first-order valence-corrected chi connectivity index (χ1v) is 5.29. The van der Waals surface area contributed by atoms with Crippen LogP contribution in [0.4, 0.5) is 10.1 Å². The van der Waals surface area contributed by atoms with Crippen molar-refractivity contribution in [3.05, 3.63) is 58.2 Å². The monoisotopic (exact) mass is 278 g/mol. The molecular formula is C12H7FN2O5. The molecule has 1 N–H and O–H groups in total. The van der Waals surface area contributed by atoms with E-state index < -0.39 is 33.8 Å². The van der Waals surface area contributed by atoms with Gasteiger partial charge in [-0.1, -0.05) is 0 Å². The summed E-state index contributed by atoms with van der Waals surface area (Å²) in [4.78, 5) is 24.6. The van der Waals surface area contributed by atoms with Crippen molar-refractivity contribution in [3.63, 3.8) is 0 Å². The largest absolute Gasteiger partial charge is 0.476 e. The Labute approximate surface area is 111 Å². The summed E-state index contributed by atoms with van der Waals surface area (Å²) in [6.45, 7) is 0. The quantitative estimate of drug-likeness (QED) is 0.681. The van der Waals surface area contributed by atoms with Crippen LogP contribution < -0.4 is 4.74 Å². The lowest BCUT2D eigenvalue weighted by molar-refractivity contribution is -0.385. The zero-order chi connectivity index (χ0) is 14.7. The molecule has 0 atom stereocenters. The Balaban J connectivity index is 2.47. The summed E-state index contributed by atoms with van der Waals surface area (Å²) in [6.07, 6.45) is 1.23. The Bertz CT molecular complexity index is 689. The van der Waals surface area contributed by atoms with Gasteiger partial charge in [0.1, 0.15) is 5.82 Å². The van der Waals surface area contributed by atoms with Crippen LogP contribution in [0.1, 0.15) is 10.5 Å². The van der Waals surface area contributed by atoms with Crippen LogP contribution in [-0.2, 0) is 0 Å². The molecule has 1 aromatic carbocycles. The molecule has 102 valence electrons. The van der Waals surface area contributed by atoms with Crippen molar-refractivity contribution in [2.45, 2.75) is 0 Å². The molecule has 0 aliphatic heterocycles. The minimum atomic E-state index is -1.36. The van der Waals surface area contributed by atoms with Crippen molar-refractivity contribution in [2.24, 2.45) is 0 Å².